The van der Waals surface area contributed by atoms with E-state index >= 15 is 0 Å². The zero-order valence-corrected chi connectivity index (χ0v) is 15.9. The normalized spacial score (nSPS) is 19.8. The average Bonchev–Trinajstić information content (AvgIpc) is 3.33. The van der Waals surface area contributed by atoms with Crippen LogP contribution in [0, 0.1) is 12.7 Å². The summed E-state index contributed by atoms with van der Waals surface area (Å²) in [6.45, 7) is 4.94. The Bertz CT molecular complexity index is 996. The summed E-state index contributed by atoms with van der Waals surface area (Å²) >= 11 is 0. The van der Waals surface area contributed by atoms with Crippen molar-refractivity contribution in [2.45, 2.75) is 38.5 Å². The van der Waals surface area contributed by atoms with Gasteiger partial charge in [0.2, 0.25) is 5.89 Å². The van der Waals surface area contributed by atoms with Gasteiger partial charge in [-0.05, 0) is 38.3 Å². The molecule has 2 aromatic heterocycles. The molecule has 1 aliphatic heterocycles. The van der Waals surface area contributed by atoms with Crippen LogP contribution in [0.5, 0.6) is 0 Å². The van der Waals surface area contributed by atoms with Crippen LogP contribution < -0.4 is 0 Å². The van der Waals surface area contributed by atoms with Crippen LogP contribution in [0.25, 0.3) is 0 Å². The second kappa shape index (κ2) is 7.22. The topological polar surface area (TPSA) is 72.4 Å². The summed E-state index contributed by atoms with van der Waals surface area (Å²) in [4.78, 5) is 18.9. The molecule has 3 heterocycles. The quantitative estimate of drug-likeness (QED) is 0.683. The molecule has 6 nitrogen and oxygen atoms in total. The molecular formula is C21H22FN3O3. The van der Waals surface area contributed by atoms with Gasteiger partial charge in [0.05, 0.1) is 11.6 Å². The number of aromatic nitrogens is 2. The number of piperidine rings is 1. The summed E-state index contributed by atoms with van der Waals surface area (Å²) in [5.74, 6) is 1.38. The van der Waals surface area contributed by atoms with E-state index in [-0.39, 0.29) is 11.7 Å². The fourth-order valence-corrected chi connectivity index (χ4v) is 3.71. The Morgan fingerprint density at radius 2 is 2.18 bits per heavy atom. The number of rotatable bonds is 4. The first-order valence-corrected chi connectivity index (χ1v) is 9.36. The Morgan fingerprint density at radius 3 is 2.93 bits per heavy atom. The number of amides is 1. The Kier molecular flexibility index (Phi) is 4.75. The average molecular weight is 383 g/mol. The molecule has 0 saturated carbocycles. The molecule has 0 aliphatic carbocycles. The van der Waals surface area contributed by atoms with Gasteiger partial charge in [-0.3, -0.25) is 4.79 Å². The van der Waals surface area contributed by atoms with E-state index < -0.39 is 5.41 Å². The van der Waals surface area contributed by atoms with Crippen molar-refractivity contribution >= 4 is 5.91 Å². The van der Waals surface area contributed by atoms with Crippen LogP contribution in [0.2, 0.25) is 0 Å². The number of aryl methyl sites for hydroxylation is 1. The van der Waals surface area contributed by atoms with Crippen molar-refractivity contribution in [3.8, 4) is 0 Å². The van der Waals surface area contributed by atoms with E-state index in [0.29, 0.717) is 48.2 Å². The van der Waals surface area contributed by atoms with Gasteiger partial charge in [-0.15, -0.1) is 0 Å². The zero-order chi connectivity index (χ0) is 19.7. The molecule has 146 valence electrons. The number of oxazole rings is 1. The minimum Gasteiger partial charge on any atom is -0.445 e. The van der Waals surface area contributed by atoms with Gasteiger partial charge in [0.1, 0.15) is 17.3 Å². The number of halogens is 1. The summed E-state index contributed by atoms with van der Waals surface area (Å²) in [6, 6.07) is 8.28. The molecule has 1 atom stereocenters. The molecule has 0 N–H and O–H groups in total. The molecule has 3 aromatic rings. The van der Waals surface area contributed by atoms with Crippen molar-refractivity contribution < 1.29 is 18.1 Å². The molecule has 1 unspecified atom stereocenters. The lowest BCUT2D eigenvalue weighted by atomic mass is 9.81. The molecular weight excluding hydrogens is 361 g/mol. The Hall–Kier alpha value is -2.96. The maximum atomic E-state index is 13.9. The summed E-state index contributed by atoms with van der Waals surface area (Å²) in [5.41, 5.74) is 0.479. The highest BCUT2D eigenvalue weighted by Crippen LogP contribution is 2.34. The first kappa shape index (κ1) is 18.4. The molecule has 4 rings (SSSR count). The second-order valence-corrected chi connectivity index (χ2v) is 7.61. The smallest absolute Gasteiger partial charge is 0.276 e. The molecule has 0 spiro atoms. The Labute approximate surface area is 162 Å². The SMILES string of the molecule is Cc1cc(C(=O)N2CCCC(C)(c3ncc(Cc4ccccc4F)o3)C2)no1. The van der Waals surface area contributed by atoms with Crippen molar-refractivity contribution in [3.05, 3.63) is 71.0 Å². The summed E-state index contributed by atoms with van der Waals surface area (Å²) in [6.07, 6.45) is 3.68. The van der Waals surface area contributed by atoms with E-state index in [0.717, 1.165) is 12.8 Å². The molecule has 0 bridgehead atoms. The van der Waals surface area contributed by atoms with Gasteiger partial charge >= 0.3 is 0 Å². The van der Waals surface area contributed by atoms with Gasteiger partial charge in [-0.2, -0.15) is 0 Å². The highest BCUT2D eigenvalue weighted by Gasteiger charge is 2.39. The summed E-state index contributed by atoms with van der Waals surface area (Å²) in [5, 5.41) is 3.83. The first-order chi connectivity index (χ1) is 13.4. The maximum Gasteiger partial charge on any atom is 0.276 e. The predicted octanol–water partition coefficient (Wildman–Crippen LogP) is 3.89. The third kappa shape index (κ3) is 3.56. The van der Waals surface area contributed by atoms with E-state index in [1.165, 1.54) is 6.07 Å². The number of carbonyl (C=O) groups excluding carboxylic acids is 1. The highest BCUT2D eigenvalue weighted by atomic mass is 19.1. The lowest BCUT2D eigenvalue weighted by molar-refractivity contribution is 0.0615. The molecule has 28 heavy (non-hydrogen) atoms. The van der Waals surface area contributed by atoms with Crippen molar-refractivity contribution in [3.63, 3.8) is 0 Å². The van der Waals surface area contributed by atoms with Crippen LogP contribution >= 0.6 is 0 Å². The standard InChI is InChI=1S/C21H22FN3O3/c1-14-10-18(24-28-14)19(26)25-9-5-8-21(2,13-25)20-23-12-16(27-20)11-15-6-3-4-7-17(15)22/h3-4,6-7,10,12H,5,8-9,11,13H2,1-2H3. The molecule has 1 fully saturated rings. The molecule has 1 aliphatic rings. The Morgan fingerprint density at radius 1 is 1.36 bits per heavy atom. The fourth-order valence-electron chi connectivity index (χ4n) is 3.71. The number of benzene rings is 1. The van der Waals surface area contributed by atoms with Crippen LogP contribution in [0.1, 0.15) is 53.2 Å². The lowest BCUT2D eigenvalue weighted by Crippen LogP contribution is -2.47. The van der Waals surface area contributed by atoms with Crippen LogP contribution in [-0.4, -0.2) is 34.0 Å². The zero-order valence-electron chi connectivity index (χ0n) is 15.9. The van der Waals surface area contributed by atoms with Crippen molar-refractivity contribution in [1.82, 2.24) is 15.0 Å². The predicted molar refractivity (Wildman–Crippen MR) is 99.4 cm³/mol. The summed E-state index contributed by atoms with van der Waals surface area (Å²) in [7, 11) is 0. The van der Waals surface area contributed by atoms with Crippen molar-refractivity contribution in [1.29, 1.82) is 0 Å². The molecule has 7 heteroatoms. The van der Waals surface area contributed by atoms with E-state index in [1.807, 2.05) is 6.92 Å². The molecule has 1 aromatic carbocycles. The van der Waals surface area contributed by atoms with E-state index in [4.69, 9.17) is 8.94 Å². The fraction of sp³-hybridized carbons (Fsp3) is 0.381. The largest absolute Gasteiger partial charge is 0.445 e. The molecule has 1 saturated heterocycles. The van der Waals surface area contributed by atoms with Gasteiger partial charge in [0.15, 0.2) is 5.69 Å². The van der Waals surface area contributed by atoms with Crippen molar-refractivity contribution in [2.75, 3.05) is 13.1 Å². The molecule has 1 amide bonds. The number of likely N-dealkylation sites (tertiary alicyclic amines) is 1. The van der Waals surface area contributed by atoms with E-state index in [2.05, 4.69) is 10.1 Å². The van der Waals surface area contributed by atoms with Gasteiger partial charge < -0.3 is 13.8 Å². The highest BCUT2D eigenvalue weighted by molar-refractivity contribution is 5.92. The van der Waals surface area contributed by atoms with Crippen molar-refractivity contribution in [2.24, 2.45) is 0 Å². The number of carbonyl (C=O) groups is 1. The summed E-state index contributed by atoms with van der Waals surface area (Å²) < 4.78 is 24.9. The Balaban J connectivity index is 1.51. The van der Waals surface area contributed by atoms with Crippen LogP contribution in [0.15, 0.2) is 45.5 Å². The number of hydrogen-bond donors (Lipinski definition) is 0. The minimum absolute atomic E-state index is 0.152. The van der Waals surface area contributed by atoms with E-state index in [9.17, 15) is 9.18 Å². The third-order valence-corrected chi connectivity index (χ3v) is 5.22. The van der Waals surface area contributed by atoms with Crippen LogP contribution in [0.3, 0.4) is 0 Å². The minimum atomic E-state index is -0.403. The van der Waals surface area contributed by atoms with Gasteiger partial charge in [0.25, 0.3) is 5.91 Å². The second-order valence-electron chi connectivity index (χ2n) is 7.61. The van der Waals surface area contributed by atoms with Crippen LogP contribution in [-0.2, 0) is 11.8 Å². The first-order valence-electron chi connectivity index (χ1n) is 9.36. The van der Waals surface area contributed by atoms with Gasteiger partial charge in [-0.25, -0.2) is 9.37 Å². The number of nitrogens with zero attached hydrogens (tertiary/aromatic N) is 3. The monoisotopic (exact) mass is 383 g/mol. The van der Waals surface area contributed by atoms with Crippen LogP contribution in [0.4, 0.5) is 4.39 Å². The number of hydrogen-bond acceptors (Lipinski definition) is 5. The maximum absolute atomic E-state index is 13.9. The van der Waals surface area contributed by atoms with E-state index in [1.54, 1.807) is 42.3 Å². The molecule has 0 radical (unpaired) electrons. The third-order valence-electron chi connectivity index (χ3n) is 5.22. The van der Waals surface area contributed by atoms with Gasteiger partial charge in [-0.1, -0.05) is 23.4 Å². The lowest BCUT2D eigenvalue weighted by Gasteiger charge is -2.38. The van der Waals surface area contributed by atoms with Gasteiger partial charge in [0, 0.05) is 25.6 Å².